The van der Waals surface area contributed by atoms with Gasteiger partial charge in [0.15, 0.2) is 0 Å². The van der Waals surface area contributed by atoms with Gasteiger partial charge in [-0.1, -0.05) is 24.1 Å². The van der Waals surface area contributed by atoms with E-state index in [9.17, 15) is 0 Å². The molecule has 1 saturated carbocycles. The van der Waals surface area contributed by atoms with Gasteiger partial charge in [0, 0.05) is 0 Å². The van der Waals surface area contributed by atoms with E-state index in [1.54, 1.807) is 0 Å². The normalized spacial score (nSPS) is 19.1. The van der Waals surface area contributed by atoms with Crippen molar-refractivity contribution < 1.29 is 9.94 Å². The molecule has 0 aliphatic heterocycles. The third-order valence-corrected chi connectivity index (χ3v) is 2.21. The third kappa shape index (κ3) is 4.68. The monoisotopic (exact) mass is 183 g/mol. The highest BCUT2D eigenvalue weighted by Crippen LogP contribution is 2.34. The zero-order valence-corrected chi connectivity index (χ0v) is 7.85. The second kappa shape index (κ2) is 5.75. The summed E-state index contributed by atoms with van der Waals surface area (Å²) in [5, 5.41) is 11.1. The van der Waals surface area contributed by atoms with Crippen LogP contribution in [-0.4, -0.2) is 24.1 Å². The molecule has 1 aliphatic carbocycles. The van der Waals surface area contributed by atoms with Gasteiger partial charge in [-0.05, 0) is 18.8 Å². The highest BCUT2D eigenvalue weighted by Gasteiger charge is 2.25. The fraction of sp³-hybridized carbons (Fsp3) is 0.700. The molecule has 0 aromatic rings. The van der Waals surface area contributed by atoms with Crippen molar-refractivity contribution in [3.8, 4) is 0 Å². The number of ether oxygens (including phenoxy) is 1. The van der Waals surface area contributed by atoms with Crippen molar-refractivity contribution in [2.24, 2.45) is 11.1 Å². The largest absolute Gasteiger partial charge is 0.411 e. The molecule has 0 heterocycles. The highest BCUT2D eigenvalue weighted by molar-refractivity contribution is 5.57. The first kappa shape index (κ1) is 10.3. The maximum absolute atomic E-state index is 8.17. The van der Waals surface area contributed by atoms with Crippen LogP contribution in [0.15, 0.2) is 17.8 Å². The van der Waals surface area contributed by atoms with E-state index < -0.39 is 0 Å². The van der Waals surface area contributed by atoms with Crippen LogP contribution < -0.4 is 0 Å². The first-order valence-corrected chi connectivity index (χ1v) is 4.75. The summed E-state index contributed by atoms with van der Waals surface area (Å²) in [4.78, 5) is 0. The zero-order chi connectivity index (χ0) is 9.52. The number of nitrogens with zero attached hydrogens (tertiary/aromatic N) is 1. The van der Waals surface area contributed by atoms with Crippen LogP contribution in [0.1, 0.15) is 25.7 Å². The lowest BCUT2D eigenvalue weighted by atomic mass is 10.1. The van der Waals surface area contributed by atoms with Crippen LogP contribution in [-0.2, 0) is 4.74 Å². The van der Waals surface area contributed by atoms with Crippen LogP contribution in [0.25, 0.3) is 0 Å². The summed E-state index contributed by atoms with van der Waals surface area (Å²) < 4.78 is 5.49. The molecule has 0 amide bonds. The summed E-state index contributed by atoms with van der Waals surface area (Å²) in [5.74, 6) is 0.857. The van der Waals surface area contributed by atoms with E-state index in [1.165, 1.54) is 19.1 Å². The lowest BCUT2D eigenvalue weighted by Crippen LogP contribution is -2.14. The Bertz CT molecular complexity index is 176. The topological polar surface area (TPSA) is 41.8 Å². The Morgan fingerprint density at radius 3 is 2.92 bits per heavy atom. The third-order valence-electron chi connectivity index (χ3n) is 2.21. The summed E-state index contributed by atoms with van der Waals surface area (Å²) >= 11 is 0. The van der Waals surface area contributed by atoms with E-state index in [1.807, 2.05) is 6.08 Å². The molecular formula is C10H17NO2. The van der Waals surface area contributed by atoms with Crippen molar-refractivity contribution in [1.29, 1.82) is 0 Å². The van der Waals surface area contributed by atoms with Gasteiger partial charge < -0.3 is 9.94 Å². The van der Waals surface area contributed by atoms with E-state index in [2.05, 4.69) is 11.7 Å². The molecule has 13 heavy (non-hydrogen) atoms. The minimum atomic E-state index is 0.253. The summed E-state index contributed by atoms with van der Waals surface area (Å²) in [7, 11) is 0. The molecule has 3 nitrogen and oxygen atoms in total. The molecule has 1 unspecified atom stereocenters. The minimum absolute atomic E-state index is 0.253. The Kier molecular flexibility index (Phi) is 4.54. The molecule has 1 N–H and O–H groups in total. The Hall–Kier alpha value is -0.830. The molecule has 0 aromatic carbocycles. The molecule has 0 saturated heterocycles. The van der Waals surface area contributed by atoms with Gasteiger partial charge in [0.1, 0.15) is 0 Å². The predicted molar refractivity (Wildman–Crippen MR) is 52.2 cm³/mol. The summed E-state index contributed by atoms with van der Waals surface area (Å²) in [6, 6.07) is 0. The SMILES string of the molecule is C=CCC(CC1CC1)OCC=NO. The van der Waals surface area contributed by atoms with Crippen LogP contribution in [0.5, 0.6) is 0 Å². The molecule has 1 rings (SSSR count). The molecule has 3 heteroatoms. The Morgan fingerprint density at radius 1 is 1.62 bits per heavy atom. The van der Waals surface area contributed by atoms with E-state index in [4.69, 9.17) is 9.94 Å². The molecule has 1 fully saturated rings. The van der Waals surface area contributed by atoms with Crippen molar-refractivity contribution in [1.82, 2.24) is 0 Å². The fourth-order valence-corrected chi connectivity index (χ4v) is 1.36. The Labute approximate surface area is 79.1 Å². The van der Waals surface area contributed by atoms with Crippen molar-refractivity contribution in [2.45, 2.75) is 31.8 Å². The smallest absolute Gasteiger partial charge is 0.0855 e. The van der Waals surface area contributed by atoms with Gasteiger partial charge in [-0.15, -0.1) is 6.58 Å². The summed E-state index contributed by atoms with van der Waals surface area (Å²) in [6.07, 6.45) is 8.17. The van der Waals surface area contributed by atoms with Gasteiger partial charge >= 0.3 is 0 Å². The Morgan fingerprint density at radius 2 is 2.38 bits per heavy atom. The average molecular weight is 183 g/mol. The van der Waals surface area contributed by atoms with E-state index in [0.717, 1.165) is 18.8 Å². The van der Waals surface area contributed by atoms with E-state index in [-0.39, 0.29) is 6.10 Å². The molecule has 0 spiro atoms. The van der Waals surface area contributed by atoms with Crippen LogP contribution in [0, 0.1) is 5.92 Å². The summed E-state index contributed by atoms with van der Waals surface area (Å²) in [6.45, 7) is 4.08. The first-order chi connectivity index (χ1) is 6.36. The van der Waals surface area contributed by atoms with Gasteiger partial charge in [0.25, 0.3) is 0 Å². The maximum atomic E-state index is 8.17. The number of oxime groups is 1. The quantitative estimate of drug-likeness (QED) is 0.284. The fourth-order valence-electron chi connectivity index (χ4n) is 1.36. The first-order valence-electron chi connectivity index (χ1n) is 4.75. The second-order valence-corrected chi connectivity index (χ2v) is 3.46. The van der Waals surface area contributed by atoms with Crippen molar-refractivity contribution in [3.05, 3.63) is 12.7 Å². The molecular weight excluding hydrogens is 166 g/mol. The number of hydrogen-bond donors (Lipinski definition) is 1. The summed E-state index contributed by atoms with van der Waals surface area (Å²) in [5.41, 5.74) is 0. The van der Waals surface area contributed by atoms with Gasteiger partial charge in [0.2, 0.25) is 0 Å². The van der Waals surface area contributed by atoms with Crippen molar-refractivity contribution in [3.63, 3.8) is 0 Å². The maximum Gasteiger partial charge on any atom is 0.0855 e. The second-order valence-electron chi connectivity index (χ2n) is 3.46. The molecule has 0 aromatic heterocycles. The van der Waals surface area contributed by atoms with Crippen LogP contribution >= 0.6 is 0 Å². The zero-order valence-electron chi connectivity index (χ0n) is 7.85. The van der Waals surface area contributed by atoms with Gasteiger partial charge in [-0.25, -0.2) is 0 Å². The van der Waals surface area contributed by atoms with Gasteiger partial charge in [0.05, 0.1) is 18.9 Å². The molecule has 74 valence electrons. The standard InChI is InChI=1S/C10H17NO2/c1-2-3-10(8-9-4-5-9)13-7-6-11-12/h2,6,9-10,12H,1,3-5,7-8H2. The Balaban J connectivity index is 2.14. The van der Waals surface area contributed by atoms with Crippen molar-refractivity contribution in [2.75, 3.05) is 6.61 Å². The molecule has 0 bridgehead atoms. The van der Waals surface area contributed by atoms with Crippen LogP contribution in [0.3, 0.4) is 0 Å². The number of hydrogen-bond acceptors (Lipinski definition) is 3. The predicted octanol–water partition coefficient (Wildman–Crippen LogP) is 2.21. The van der Waals surface area contributed by atoms with Crippen LogP contribution in [0.4, 0.5) is 0 Å². The minimum Gasteiger partial charge on any atom is -0.411 e. The average Bonchev–Trinajstić information content (AvgIpc) is 2.89. The molecule has 0 radical (unpaired) electrons. The number of rotatable bonds is 7. The van der Waals surface area contributed by atoms with Crippen LogP contribution in [0.2, 0.25) is 0 Å². The molecule has 1 aliphatic rings. The highest BCUT2D eigenvalue weighted by atomic mass is 16.5. The van der Waals surface area contributed by atoms with E-state index in [0.29, 0.717) is 6.61 Å². The van der Waals surface area contributed by atoms with Crippen molar-refractivity contribution >= 4 is 6.21 Å². The van der Waals surface area contributed by atoms with Gasteiger partial charge in [-0.2, -0.15) is 0 Å². The lowest BCUT2D eigenvalue weighted by Gasteiger charge is -2.13. The molecule has 1 atom stereocenters. The lowest BCUT2D eigenvalue weighted by molar-refractivity contribution is 0.0736. The van der Waals surface area contributed by atoms with E-state index >= 15 is 0 Å². The van der Waals surface area contributed by atoms with Gasteiger partial charge in [-0.3, -0.25) is 0 Å².